The van der Waals surface area contributed by atoms with Crippen LogP contribution in [0.2, 0.25) is 0 Å². The zero-order valence-electron chi connectivity index (χ0n) is 44.4. The Morgan fingerprint density at radius 1 is 0.292 bits per heavy atom. The van der Waals surface area contributed by atoms with Crippen molar-refractivity contribution in [2.75, 3.05) is 0 Å². The average Bonchev–Trinajstić information content (AvgIpc) is 3.85. The minimum absolute atomic E-state index is 0.0581. The van der Waals surface area contributed by atoms with Crippen LogP contribution in [0.15, 0.2) is 194 Å². The second kappa shape index (κ2) is 18.8. The number of hydrogen-bond acceptors (Lipinski definition) is 0. The molecular formula is C70H68N2. The van der Waals surface area contributed by atoms with Crippen molar-refractivity contribution < 1.29 is 0 Å². The number of benzene rings is 8. The van der Waals surface area contributed by atoms with E-state index in [0.717, 1.165) is 11.4 Å². The van der Waals surface area contributed by atoms with E-state index >= 15 is 0 Å². The topological polar surface area (TPSA) is 9.86 Å². The van der Waals surface area contributed by atoms with Gasteiger partial charge >= 0.3 is 0 Å². The highest BCUT2D eigenvalue weighted by atomic mass is 15.0. The predicted molar refractivity (Wildman–Crippen MR) is 309 cm³/mol. The highest BCUT2D eigenvalue weighted by Gasteiger charge is 2.28. The second-order valence-corrected chi connectivity index (χ2v) is 22.2. The molecule has 0 saturated heterocycles. The van der Waals surface area contributed by atoms with Crippen molar-refractivity contribution in [1.29, 1.82) is 0 Å². The van der Waals surface area contributed by atoms with E-state index in [-0.39, 0.29) is 10.8 Å². The largest absolute Gasteiger partial charge is 0.313 e. The summed E-state index contributed by atoms with van der Waals surface area (Å²) in [6.07, 6.45) is 0. The summed E-state index contributed by atoms with van der Waals surface area (Å²) in [4.78, 5) is 0. The van der Waals surface area contributed by atoms with E-state index in [1.807, 2.05) is 0 Å². The molecule has 0 aliphatic carbocycles. The van der Waals surface area contributed by atoms with Gasteiger partial charge in [-0.25, -0.2) is 0 Å². The molecule has 10 aromatic rings. The van der Waals surface area contributed by atoms with Crippen LogP contribution in [0.1, 0.15) is 86.3 Å². The molecule has 0 N–H and O–H groups in total. The summed E-state index contributed by atoms with van der Waals surface area (Å²) in [6.45, 7) is 27.2. The lowest BCUT2D eigenvalue weighted by atomic mass is 9.87. The molecule has 0 spiro atoms. The summed E-state index contributed by atoms with van der Waals surface area (Å²) in [7, 11) is 0. The number of aromatic nitrogens is 2. The number of rotatable bonds is 9. The van der Waals surface area contributed by atoms with E-state index in [4.69, 9.17) is 0 Å². The second-order valence-electron chi connectivity index (χ2n) is 22.2. The molecule has 8 aromatic carbocycles. The quantitative estimate of drug-likeness (QED) is 0.136. The molecule has 2 heterocycles. The molecule has 2 aromatic heterocycles. The maximum absolute atomic E-state index is 2.50. The van der Waals surface area contributed by atoms with Crippen LogP contribution >= 0.6 is 0 Å². The SMILES string of the molecule is Cc1cccc(-c2c(-c3ccccc3)c(-c3ccc(-c4ccc(-c5c(-c6ccccc6)c(-c6cccc(C)c6)n(-c6ccc(C(C)(C)C)cc6)c5C)cc4C)c(C)c3)c(C)n2-c2ccc(C(C)(C)C)cc2)c1. The molecule has 0 bridgehead atoms. The molecule has 2 nitrogen and oxygen atoms in total. The van der Waals surface area contributed by atoms with Crippen molar-refractivity contribution >= 4 is 0 Å². The summed E-state index contributed by atoms with van der Waals surface area (Å²) >= 11 is 0. The van der Waals surface area contributed by atoms with Gasteiger partial charge < -0.3 is 9.13 Å². The Kier molecular flexibility index (Phi) is 12.5. The lowest BCUT2D eigenvalue weighted by Crippen LogP contribution is -2.11. The fourth-order valence-corrected chi connectivity index (χ4v) is 11.1. The van der Waals surface area contributed by atoms with Crippen molar-refractivity contribution in [1.82, 2.24) is 9.13 Å². The first kappa shape index (κ1) is 48.0. The lowest BCUT2D eigenvalue weighted by molar-refractivity contribution is 0.590. The first-order valence-electron chi connectivity index (χ1n) is 25.7. The minimum atomic E-state index is 0.0581. The van der Waals surface area contributed by atoms with Crippen LogP contribution in [0.3, 0.4) is 0 Å². The van der Waals surface area contributed by atoms with Crippen LogP contribution in [0.4, 0.5) is 0 Å². The summed E-state index contributed by atoms with van der Waals surface area (Å²) in [5.74, 6) is 0. The zero-order chi connectivity index (χ0) is 50.6. The number of aryl methyl sites for hydroxylation is 4. The Morgan fingerprint density at radius 3 is 0.958 bits per heavy atom. The average molecular weight is 937 g/mol. The van der Waals surface area contributed by atoms with Crippen LogP contribution < -0.4 is 0 Å². The maximum atomic E-state index is 2.50. The van der Waals surface area contributed by atoms with Crippen LogP contribution in [0.25, 0.3) is 89.5 Å². The number of nitrogens with zero attached hydrogens (tertiary/aromatic N) is 2. The Labute approximate surface area is 429 Å². The molecule has 2 heteroatoms. The summed E-state index contributed by atoms with van der Waals surface area (Å²) in [5, 5.41) is 0. The van der Waals surface area contributed by atoms with E-state index in [0.29, 0.717) is 0 Å². The molecule has 0 aliphatic heterocycles. The third-order valence-corrected chi connectivity index (χ3v) is 14.8. The Balaban J connectivity index is 1.13. The Bertz CT molecular complexity index is 3360. The van der Waals surface area contributed by atoms with Gasteiger partial charge in [-0.3, -0.25) is 0 Å². The third kappa shape index (κ3) is 8.89. The molecule has 0 atom stereocenters. The van der Waals surface area contributed by atoms with Crippen molar-refractivity contribution in [3.05, 3.63) is 239 Å². The fourth-order valence-electron chi connectivity index (χ4n) is 11.1. The van der Waals surface area contributed by atoms with Gasteiger partial charge in [0.1, 0.15) is 0 Å². The van der Waals surface area contributed by atoms with E-state index in [1.54, 1.807) is 0 Å². The molecule has 0 saturated carbocycles. The van der Waals surface area contributed by atoms with Crippen molar-refractivity contribution in [3.63, 3.8) is 0 Å². The van der Waals surface area contributed by atoms with Gasteiger partial charge in [0.15, 0.2) is 0 Å². The van der Waals surface area contributed by atoms with Gasteiger partial charge in [0.25, 0.3) is 0 Å². The normalized spacial score (nSPS) is 11.9. The van der Waals surface area contributed by atoms with Gasteiger partial charge in [0.2, 0.25) is 0 Å². The summed E-state index contributed by atoms with van der Waals surface area (Å²) < 4.78 is 4.99. The number of hydrogen-bond donors (Lipinski definition) is 0. The minimum Gasteiger partial charge on any atom is -0.313 e. The van der Waals surface area contributed by atoms with Crippen molar-refractivity contribution in [2.24, 2.45) is 0 Å². The van der Waals surface area contributed by atoms with E-state index < -0.39 is 0 Å². The molecule has 10 rings (SSSR count). The van der Waals surface area contributed by atoms with E-state index in [1.165, 1.54) is 123 Å². The van der Waals surface area contributed by atoms with Crippen LogP contribution in [0, 0.1) is 41.5 Å². The molecular weight excluding hydrogens is 869 g/mol. The predicted octanol–water partition coefficient (Wildman–Crippen LogP) is 19.4. The van der Waals surface area contributed by atoms with Crippen LogP contribution in [-0.4, -0.2) is 9.13 Å². The molecule has 72 heavy (non-hydrogen) atoms. The Hall–Kier alpha value is -7.68. The van der Waals surface area contributed by atoms with Gasteiger partial charge in [-0.15, -0.1) is 0 Å². The van der Waals surface area contributed by atoms with E-state index in [9.17, 15) is 0 Å². The molecule has 0 aliphatic rings. The summed E-state index contributed by atoms with van der Waals surface area (Å²) in [6, 6.07) is 72.6. The smallest absolute Gasteiger partial charge is 0.0616 e. The van der Waals surface area contributed by atoms with Gasteiger partial charge in [0, 0.05) is 45.0 Å². The molecule has 0 fully saturated rings. The van der Waals surface area contributed by atoms with E-state index in [2.05, 4.69) is 286 Å². The highest BCUT2D eigenvalue weighted by Crippen LogP contribution is 2.49. The standard InChI is InChI=1S/C70H68N2/c1-45-21-19-27-55(41-45)67-65(51-23-15-13-16-24-51)63(49(5)71(67)59-35-31-57(32-36-59)69(7,8)9)53-29-39-61(47(3)43-53)62-40-30-54(44-48(62)4)64-50(6)72(60-37-33-58(34-38-60)70(10,11)12)68(56-28-20-22-46(2)42-56)66(64)52-25-17-14-18-26-52/h13-44H,1-12H3. The van der Waals surface area contributed by atoms with Crippen molar-refractivity contribution in [3.8, 4) is 89.5 Å². The first-order chi connectivity index (χ1) is 34.5. The first-order valence-corrected chi connectivity index (χ1v) is 25.7. The van der Waals surface area contributed by atoms with Gasteiger partial charge in [-0.1, -0.05) is 210 Å². The van der Waals surface area contributed by atoms with Gasteiger partial charge in [-0.05, 0) is 156 Å². The molecule has 358 valence electrons. The Morgan fingerprint density at radius 2 is 0.639 bits per heavy atom. The maximum Gasteiger partial charge on any atom is 0.0616 e. The third-order valence-electron chi connectivity index (χ3n) is 14.8. The fraction of sp³-hybridized carbons (Fsp3) is 0.200. The molecule has 0 unspecified atom stereocenters. The van der Waals surface area contributed by atoms with Crippen LogP contribution in [-0.2, 0) is 10.8 Å². The molecule has 0 radical (unpaired) electrons. The highest BCUT2D eigenvalue weighted by molar-refractivity contribution is 5.99. The summed E-state index contributed by atoms with van der Waals surface area (Å²) in [5.41, 5.74) is 29.7. The zero-order valence-corrected chi connectivity index (χ0v) is 44.4. The monoisotopic (exact) mass is 937 g/mol. The lowest BCUT2D eigenvalue weighted by Gasteiger charge is -2.20. The van der Waals surface area contributed by atoms with Crippen molar-refractivity contribution in [2.45, 2.75) is 93.9 Å². The van der Waals surface area contributed by atoms with Gasteiger partial charge in [0.05, 0.1) is 11.4 Å². The van der Waals surface area contributed by atoms with Crippen LogP contribution in [0.5, 0.6) is 0 Å². The molecule has 0 amide bonds. The van der Waals surface area contributed by atoms with Gasteiger partial charge in [-0.2, -0.15) is 0 Å².